The number of thioether (sulfide) groups is 1. The SMILES string of the molecule is CCN(CC)C(=O)CSc1c(C#N)c(C)nn1C. The molecular formula is C12H18N4OS. The zero-order chi connectivity index (χ0) is 13.7. The number of aromatic nitrogens is 2. The van der Waals surface area contributed by atoms with Gasteiger partial charge in [-0.25, -0.2) is 0 Å². The second-order valence-electron chi connectivity index (χ2n) is 3.86. The summed E-state index contributed by atoms with van der Waals surface area (Å²) >= 11 is 1.37. The lowest BCUT2D eigenvalue weighted by atomic mass is 10.3. The number of nitrogens with zero attached hydrogens (tertiary/aromatic N) is 4. The second-order valence-corrected chi connectivity index (χ2v) is 4.82. The van der Waals surface area contributed by atoms with Crippen LogP contribution in [0.2, 0.25) is 0 Å². The van der Waals surface area contributed by atoms with Gasteiger partial charge in [-0.2, -0.15) is 10.4 Å². The van der Waals surface area contributed by atoms with Crippen molar-refractivity contribution in [3.8, 4) is 6.07 Å². The molecule has 0 saturated carbocycles. The molecule has 0 fully saturated rings. The molecule has 0 saturated heterocycles. The summed E-state index contributed by atoms with van der Waals surface area (Å²) in [6, 6.07) is 2.14. The Morgan fingerprint density at radius 3 is 2.61 bits per heavy atom. The predicted molar refractivity (Wildman–Crippen MR) is 71.3 cm³/mol. The molecule has 0 atom stereocenters. The highest BCUT2D eigenvalue weighted by Crippen LogP contribution is 2.24. The van der Waals surface area contributed by atoms with Crippen LogP contribution in [-0.2, 0) is 11.8 Å². The van der Waals surface area contributed by atoms with E-state index >= 15 is 0 Å². The van der Waals surface area contributed by atoms with Crippen molar-refractivity contribution in [2.24, 2.45) is 7.05 Å². The molecule has 6 heteroatoms. The molecule has 0 N–H and O–H groups in total. The van der Waals surface area contributed by atoms with E-state index in [1.165, 1.54) is 11.8 Å². The van der Waals surface area contributed by atoms with Gasteiger partial charge in [0.05, 0.1) is 11.4 Å². The van der Waals surface area contributed by atoms with Gasteiger partial charge >= 0.3 is 0 Å². The van der Waals surface area contributed by atoms with E-state index in [1.807, 2.05) is 13.8 Å². The molecule has 98 valence electrons. The van der Waals surface area contributed by atoms with Crippen LogP contribution in [0.25, 0.3) is 0 Å². The molecule has 18 heavy (non-hydrogen) atoms. The van der Waals surface area contributed by atoms with Gasteiger partial charge in [0.15, 0.2) is 0 Å². The van der Waals surface area contributed by atoms with Gasteiger partial charge in [0.1, 0.15) is 16.7 Å². The Morgan fingerprint density at radius 1 is 1.50 bits per heavy atom. The fourth-order valence-corrected chi connectivity index (χ4v) is 2.74. The average Bonchev–Trinajstić information content (AvgIpc) is 2.62. The normalized spacial score (nSPS) is 10.2. The fraction of sp³-hybridized carbons (Fsp3) is 0.583. The minimum Gasteiger partial charge on any atom is -0.343 e. The van der Waals surface area contributed by atoms with Crippen molar-refractivity contribution in [2.75, 3.05) is 18.8 Å². The summed E-state index contributed by atoms with van der Waals surface area (Å²) in [6.45, 7) is 7.15. The van der Waals surface area contributed by atoms with Gasteiger partial charge in [0.25, 0.3) is 0 Å². The summed E-state index contributed by atoms with van der Waals surface area (Å²) in [5.41, 5.74) is 1.27. The highest BCUT2D eigenvalue weighted by atomic mass is 32.2. The van der Waals surface area contributed by atoms with Crippen molar-refractivity contribution >= 4 is 17.7 Å². The molecule has 0 bridgehead atoms. The molecule has 0 unspecified atom stereocenters. The first-order valence-electron chi connectivity index (χ1n) is 5.89. The molecular weight excluding hydrogens is 248 g/mol. The third kappa shape index (κ3) is 3.05. The van der Waals surface area contributed by atoms with Crippen LogP contribution in [-0.4, -0.2) is 39.4 Å². The lowest BCUT2D eigenvalue weighted by molar-refractivity contribution is -0.127. The Balaban J connectivity index is 2.76. The molecule has 0 aromatic carbocycles. The van der Waals surface area contributed by atoms with Crippen LogP contribution in [0.3, 0.4) is 0 Å². The van der Waals surface area contributed by atoms with Crippen LogP contribution in [0, 0.1) is 18.3 Å². The molecule has 0 aliphatic carbocycles. The molecule has 0 aliphatic heterocycles. The average molecular weight is 266 g/mol. The van der Waals surface area contributed by atoms with Gasteiger partial charge in [0.2, 0.25) is 5.91 Å². The van der Waals surface area contributed by atoms with Crippen LogP contribution in [0.15, 0.2) is 5.03 Å². The summed E-state index contributed by atoms with van der Waals surface area (Å²) in [6.07, 6.45) is 0. The third-order valence-corrected chi connectivity index (χ3v) is 3.86. The summed E-state index contributed by atoms with van der Waals surface area (Å²) in [7, 11) is 1.79. The number of hydrogen-bond acceptors (Lipinski definition) is 4. The van der Waals surface area contributed by atoms with Gasteiger partial charge in [-0.1, -0.05) is 11.8 Å². The van der Waals surface area contributed by atoms with E-state index in [1.54, 1.807) is 23.6 Å². The maximum Gasteiger partial charge on any atom is 0.232 e. The lowest BCUT2D eigenvalue weighted by Crippen LogP contribution is -2.31. The molecule has 1 amide bonds. The van der Waals surface area contributed by atoms with E-state index in [2.05, 4.69) is 11.2 Å². The van der Waals surface area contributed by atoms with Gasteiger partial charge < -0.3 is 4.90 Å². The molecule has 0 radical (unpaired) electrons. The van der Waals surface area contributed by atoms with Gasteiger partial charge in [-0.15, -0.1) is 0 Å². The van der Waals surface area contributed by atoms with Crippen LogP contribution < -0.4 is 0 Å². The number of carbonyl (C=O) groups is 1. The maximum absolute atomic E-state index is 11.9. The highest BCUT2D eigenvalue weighted by molar-refractivity contribution is 8.00. The number of hydrogen-bond donors (Lipinski definition) is 0. The van der Waals surface area contributed by atoms with Crippen molar-refractivity contribution in [3.05, 3.63) is 11.3 Å². The van der Waals surface area contributed by atoms with Gasteiger partial charge in [0, 0.05) is 20.1 Å². The molecule has 0 spiro atoms. The molecule has 5 nitrogen and oxygen atoms in total. The van der Waals surface area contributed by atoms with Crippen molar-refractivity contribution in [3.63, 3.8) is 0 Å². The summed E-state index contributed by atoms with van der Waals surface area (Å²) in [4.78, 5) is 13.7. The topological polar surface area (TPSA) is 61.9 Å². The predicted octanol–water partition coefficient (Wildman–Crippen LogP) is 1.56. The Hall–Kier alpha value is -1.48. The first kappa shape index (κ1) is 14.6. The number of aryl methyl sites for hydroxylation is 2. The monoisotopic (exact) mass is 266 g/mol. The van der Waals surface area contributed by atoms with Crippen molar-refractivity contribution in [1.29, 1.82) is 5.26 Å². The molecule has 1 aromatic heterocycles. The first-order valence-corrected chi connectivity index (χ1v) is 6.87. The van der Waals surface area contributed by atoms with Crippen LogP contribution in [0.5, 0.6) is 0 Å². The standard InChI is InChI=1S/C12H18N4OS/c1-5-16(6-2)11(17)8-18-12-10(7-13)9(3)14-15(12)4/h5-6,8H2,1-4H3. The summed E-state index contributed by atoms with van der Waals surface area (Å²) in [5, 5.41) is 14.0. The zero-order valence-electron chi connectivity index (χ0n) is 11.2. The van der Waals surface area contributed by atoms with Crippen molar-refractivity contribution < 1.29 is 4.79 Å². The van der Waals surface area contributed by atoms with Crippen LogP contribution >= 0.6 is 11.8 Å². The Morgan fingerprint density at radius 2 is 2.11 bits per heavy atom. The zero-order valence-corrected chi connectivity index (χ0v) is 12.0. The fourth-order valence-electron chi connectivity index (χ4n) is 1.73. The van der Waals surface area contributed by atoms with E-state index in [9.17, 15) is 4.79 Å². The van der Waals surface area contributed by atoms with E-state index < -0.39 is 0 Å². The number of carbonyl (C=O) groups excluding carboxylic acids is 1. The largest absolute Gasteiger partial charge is 0.343 e. The van der Waals surface area contributed by atoms with E-state index in [-0.39, 0.29) is 5.91 Å². The number of nitriles is 1. The highest BCUT2D eigenvalue weighted by Gasteiger charge is 2.16. The lowest BCUT2D eigenvalue weighted by Gasteiger charge is -2.18. The van der Waals surface area contributed by atoms with Crippen molar-refractivity contribution in [1.82, 2.24) is 14.7 Å². The van der Waals surface area contributed by atoms with Crippen LogP contribution in [0.1, 0.15) is 25.1 Å². The Bertz CT molecular complexity index is 471. The van der Waals surface area contributed by atoms with Gasteiger partial charge in [-0.3, -0.25) is 9.48 Å². The number of amides is 1. The van der Waals surface area contributed by atoms with E-state index in [0.717, 1.165) is 5.03 Å². The summed E-state index contributed by atoms with van der Waals surface area (Å²) in [5.74, 6) is 0.433. The van der Waals surface area contributed by atoms with Crippen LogP contribution in [0.4, 0.5) is 0 Å². The van der Waals surface area contributed by atoms with E-state index in [0.29, 0.717) is 30.1 Å². The number of rotatable bonds is 5. The summed E-state index contributed by atoms with van der Waals surface area (Å²) < 4.78 is 1.66. The molecule has 1 rings (SSSR count). The quantitative estimate of drug-likeness (QED) is 0.759. The van der Waals surface area contributed by atoms with Crippen molar-refractivity contribution in [2.45, 2.75) is 25.8 Å². The molecule has 0 aliphatic rings. The minimum atomic E-state index is 0.0905. The first-order chi connectivity index (χ1) is 8.54. The Kier molecular flexibility index (Phi) is 5.23. The maximum atomic E-state index is 11.9. The minimum absolute atomic E-state index is 0.0905. The smallest absolute Gasteiger partial charge is 0.232 e. The second kappa shape index (κ2) is 6.45. The Labute approximate surface area is 112 Å². The van der Waals surface area contributed by atoms with Gasteiger partial charge in [-0.05, 0) is 20.8 Å². The molecule has 1 heterocycles. The molecule has 1 aromatic rings. The van der Waals surface area contributed by atoms with E-state index in [4.69, 9.17) is 5.26 Å². The third-order valence-electron chi connectivity index (χ3n) is 2.73.